The van der Waals surface area contributed by atoms with Gasteiger partial charge in [-0.05, 0) is 13.3 Å². The molecule has 0 bridgehead atoms. The summed E-state index contributed by atoms with van der Waals surface area (Å²) < 4.78 is 0. The minimum Gasteiger partial charge on any atom is -0.359 e. The maximum atomic E-state index is 9.85. The minimum atomic E-state index is 0.130. The van der Waals surface area contributed by atoms with Crippen LogP contribution in [0.1, 0.15) is 13.3 Å². The molecule has 0 aromatic rings. The third-order valence-corrected chi connectivity index (χ3v) is 1.16. The highest BCUT2D eigenvalue weighted by atomic mass is 16.1. The molecule has 1 unspecified atom stereocenters. The van der Waals surface area contributed by atoms with Crippen LogP contribution in [0.5, 0.6) is 0 Å². The molecule has 0 aromatic heterocycles. The summed E-state index contributed by atoms with van der Waals surface area (Å²) >= 11 is 0. The second-order valence-corrected chi connectivity index (χ2v) is 2.05. The van der Waals surface area contributed by atoms with Gasteiger partial charge in [-0.3, -0.25) is 9.59 Å². The predicted molar refractivity (Wildman–Crippen MR) is 37.3 cm³/mol. The fourth-order valence-corrected chi connectivity index (χ4v) is 0.558. The summed E-state index contributed by atoms with van der Waals surface area (Å²) in [4.78, 5) is 19.6. The van der Waals surface area contributed by atoms with E-state index in [2.05, 4.69) is 10.6 Å². The topological polar surface area (TPSA) is 58.2 Å². The molecule has 0 aliphatic carbocycles. The van der Waals surface area contributed by atoms with Crippen LogP contribution in [0.25, 0.3) is 0 Å². The molecule has 2 amide bonds. The first kappa shape index (κ1) is 8.94. The van der Waals surface area contributed by atoms with Crippen molar-refractivity contribution < 1.29 is 9.59 Å². The van der Waals surface area contributed by atoms with E-state index < -0.39 is 0 Å². The second-order valence-electron chi connectivity index (χ2n) is 2.05. The number of rotatable bonds is 6. The molecule has 0 saturated carbocycles. The number of hydrogen-bond donors (Lipinski definition) is 2. The summed E-state index contributed by atoms with van der Waals surface area (Å²) in [5, 5.41) is 5.07. The van der Waals surface area contributed by atoms with Gasteiger partial charge in [0.05, 0.1) is 0 Å². The van der Waals surface area contributed by atoms with E-state index in [1.165, 1.54) is 0 Å². The molecule has 1 atom stereocenters. The number of hydrogen-bond acceptors (Lipinski definition) is 2. The summed E-state index contributed by atoms with van der Waals surface area (Å²) in [6, 6.07) is 0.130. The maximum Gasteiger partial charge on any atom is 0.207 e. The van der Waals surface area contributed by atoms with Gasteiger partial charge in [-0.2, -0.15) is 0 Å². The minimum absolute atomic E-state index is 0.130. The van der Waals surface area contributed by atoms with Gasteiger partial charge < -0.3 is 10.6 Å². The Balaban J connectivity index is 3.11. The highest BCUT2D eigenvalue weighted by molar-refractivity contribution is 5.47. The molecule has 0 aromatic carbocycles. The number of carbonyl (C=O) groups is 2. The van der Waals surface area contributed by atoms with Crippen molar-refractivity contribution in [3.05, 3.63) is 0 Å². The van der Waals surface area contributed by atoms with E-state index in [-0.39, 0.29) is 6.04 Å². The summed E-state index contributed by atoms with van der Waals surface area (Å²) in [5.74, 6) is 0. The van der Waals surface area contributed by atoms with Crippen molar-refractivity contribution in [2.75, 3.05) is 6.54 Å². The van der Waals surface area contributed by atoms with Crippen LogP contribution >= 0.6 is 0 Å². The molecule has 4 heteroatoms. The van der Waals surface area contributed by atoms with Gasteiger partial charge in [0.2, 0.25) is 12.8 Å². The zero-order valence-corrected chi connectivity index (χ0v) is 5.96. The zero-order chi connectivity index (χ0) is 7.82. The normalized spacial score (nSPS) is 11.7. The van der Waals surface area contributed by atoms with Crippen molar-refractivity contribution >= 4 is 12.8 Å². The maximum absolute atomic E-state index is 9.85. The van der Waals surface area contributed by atoms with Crippen molar-refractivity contribution in [2.24, 2.45) is 0 Å². The smallest absolute Gasteiger partial charge is 0.207 e. The van der Waals surface area contributed by atoms with Crippen molar-refractivity contribution in [1.82, 2.24) is 10.6 Å². The Morgan fingerprint density at radius 3 is 2.60 bits per heavy atom. The van der Waals surface area contributed by atoms with Gasteiger partial charge in [0.25, 0.3) is 0 Å². The van der Waals surface area contributed by atoms with E-state index in [1.807, 2.05) is 6.92 Å². The van der Waals surface area contributed by atoms with Gasteiger partial charge in [0.1, 0.15) is 0 Å². The van der Waals surface area contributed by atoms with Gasteiger partial charge in [-0.15, -0.1) is 0 Å². The number of carbonyl (C=O) groups excluding carboxylic acids is 2. The van der Waals surface area contributed by atoms with Crippen molar-refractivity contribution in [3.63, 3.8) is 0 Å². The van der Waals surface area contributed by atoms with Crippen LogP contribution in [-0.2, 0) is 9.59 Å². The Morgan fingerprint density at radius 1 is 1.40 bits per heavy atom. The van der Waals surface area contributed by atoms with Gasteiger partial charge in [-0.1, -0.05) is 0 Å². The third-order valence-electron chi connectivity index (χ3n) is 1.16. The lowest BCUT2D eigenvalue weighted by Crippen LogP contribution is -2.28. The molecule has 58 valence electrons. The lowest BCUT2D eigenvalue weighted by molar-refractivity contribution is -0.110. The molecule has 0 aliphatic heterocycles. The first-order valence-corrected chi connectivity index (χ1v) is 3.18. The highest BCUT2D eigenvalue weighted by Gasteiger charge is 1.96. The standard InChI is InChI=1S/C6H12N2O2/c1-6(8-5-10)2-3-7-4-9/h4-6H,2-3H2,1H3,(H,7,9)(H,8,10). The molecule has 0 aliphatic rings. The fourth-order valence-electron chi connectivity index (χ4n) is 0.558. The lowest BCUT2D eigenvalue weighted by atomic mass is 10.2. The third kappa shape index (κ3) is 5.08. The average Bonchev–Trinajstić information content (AvgIpc) is 1.89. The lowest BCUT2D eigenvalue weighted by Gasteiger charge is -2.07. The molecule has 2 N–H and O–H groups in total. The van der Waals surface area contributed by atoms with E-state index >= 15 is 0 Å². The molecule has 0 saturated heterocycles. The first-order valence-electron chi connectivity index (χ1n) is 3.18. The Kier molecular flexibility index (Phi) is 5.42. The molecule has 0 spiro atoms. The molecule has 0 radical (unpaired) electrons. The summed E-state index contributed by atoms with van der Waals surface area (Å²) in [5.41, 5.74) is 0. The van der Waals surface area contributed by atoms with Gasteiger partial charge >= 0.3 is 0 Å². The van der Waals surface area contributed by atoms with Crippen molar-refractivity contribution in [1.29, 1.82) is 0 Å². The van der Waals surface area contributed by atoms with Gasteiger partial charge in [-0.25, -0.2) is 0 Å². The van der Waals surface area contributed by atoms with Crippen LogP contribution in [0.2, 0.25) is 0 Å². The summed E-state index contributed by atoms with van der Waals surface area (Å²) in [6.45, 7) is 2.48. The van der Waals surface area contributed by atoms with Crippen LogP contribution in [0.4, 0.5) is 0 Å². The average molecular weight is 144 g/mol. The van der Waals surface area contributed by atoms with Crippen molar-refractivity contribution in [3.8, 4) is 0 Å². The Labute approximate surface area is 60.0 Å². The van der Waals surface area contributed by atoms with Crippen LogP contribution < -0.4 is 10.6 Å². The van der Waals surface area contributed by atoms with Crippen LogP contribution in [0.3, 0.4) is 0 Å². The van der Waals surface area contributed by atoms with Crippen molar-refractivity contribution in [2.45, 2.75) is 19.4 Å². The Bertz CT molecular complexity index is 106. The monoisotopic (exact) mass is 144 g/mol. The van der Waals surface area contributed by atoms with Crippen LogP contribution in [0, 0.1) is 0 Å². The predicted octanol–water partition coefficient (Wildman–Crippen LogP) is -0.743. The van der Waals surface area contributed by atoms with E-state index in [1.54, 1.807) is 0 Å². The quantitative estimate of drug-likeness (QED) is 0.381. The molecular weight excluding hydrogens is 132 g/mol. The second kappa shape index (κ2) is 6.07. The SMILES string of the molecule is CC(CCNC=O)NC=O. The van der Waals surface area contributed by atoms with Gasteiger partial charge in [0, 0.05) is 12.6 Å². The molecule has 0 fully saturated rings. The first-order chi connectivity index (χ1) is 4.81. The van der Waals surface area contributed by atoms with Gasteiger partial charge in [0.15, 0.2) is 0 Å². The highest BCUT2D eigenvalue weighted by Crippen LogP contribution is 1.84. The van der Waals surface area contributed by atoms with E-state index in [4.69, 9.17) is 0 Å². The van der Waals surface area contributed by atoms with E-state index in [0.29, 0.717) is 19.4 Å². The molecule has 0 heterocycles. The van der Waals surface area contributed by atoms with E-state index in [9.17, 15) is 9.59 Å². The molecule has 4 nitrogen and oxygen atoms in total. The number of amides is 2. The Hall–Kier alpha value is -1.06. The largest absolute Gasteiger partial charge is 0.359 e. The molecular formula is C6H12N2O2. The Morgan fingerprint density at radius 2 is 2.10 bits per heavy atom. The summed E-state index contributed by atoms with van der Waals surface area (Å²) in [6.07, 6.45) is 2.07. The zero-order valence-electron chi connectivity index (χ0n) is 5.96. The van der Waals surface area contributed by atoms with Crippen LogP contribution in [0.15, 0.2) is 0 Å². The molecule has 0 rings (SSSR count). The fraction of sp³-hybridized carbons (Fsp3) is 0.667. The molecule has 10 heavy (non-hydrogen) atoms. The number of nitrogens with one attached hydrogen (secondary N) is 2. The summed E-state index contributed by atoms with van der Waals surface area (Å²) in [7, 11) is 0. The van der Waals surface area contributed by atoms with E-state index in [0.717, 1.165) is 6.42 Å². The van der Waals surface area contributed by atoms with Crippen LogP contribution in [-0.4, -0.2) is 25.4 Å².